The van der Waals surface area contributed by atoms with Crippen LogP contribution in [0.1, 0.15) is 5.56 Å². The molecule has 0 atom stereocenters. The van der Waals surface area contributed by atoms with E-state index in [4.69, 9.17) is 9.47 Å². The van der Waals surface area contributed by atoms with Gasteiger partial charge in [0.15, 0.2) is 11.6 Å². The fraction of sp³-hybridized carbons (Fsp3) is 0.200. The lowest BCUT2D eigenvalue weighted by Gasteiger charge is -2.06. The van der Waals surface area contributed by atoms with E-state index >= 15 is 0 Å². The number of methoxy groups -OCH3 is 2. The van der Waals surface area contributed by atoms with Gasteiger partial charge in [0.2, 0.25) is 0 Å². The Labute approximate surface area is 90.5 Å². The second-order valence-corrected chi connectivity index (χ2v) is 3.46. The van der Waals surface area contributed by atoms with Crippen LogP contribution in [0.5, 0.6) is 5.75 Å². The Hall–Kier alpha value is -1.03. The maximum atomic E-state index is 13.3. The summed E-state index contributed by atoms with van der Waals surface area (Å²) in [6.45, 7) is 0. The summed E-state index contributed by atoms with van der Waals surface area (Å²) in [6, 6.07) is 3.10. The third kappa shape index (κ3) is 2.48. The standard InChI is InChI=1S/C10H10BrFO2/c1-13-4-3-7-5-8(11)6-9(12)10(7)14-2/h3-6H,1-2H3/b4-3+. The third-order valence-corrected chi connectivity index (χ3v) is 2.08. The van der Waals surface area contributed by atoms with Crippen molar-refractivity contribution in [3.05, 3.63) is 34.2 Å². The highest BCUT2D eigenvalue weighted by Crippen LogP contribution is 2.27. The Bertz CT molecular complexity index is 350. The van der Waals surface area contributed by atoms with Crippen molar-refractivity contribution >= 4 is 22.0 Å². The van der Waals surface area contributed by atoms with Crippen LogP contribution in [0.15, 0.2) is 22.9 Å². The Kier molecular flexibility index (Phi) is 3.95. The summed E-state index contributed by atoms with van der Waals surface area (Å²) in [4.78, 5) is 0. The SMILES string of the molecule is CO/C=C/c1cc(Br)cc(F)c1OC. The van der Waals surface area contributed by atoms with Crippen LogP contribution < -0.4 is 4.74 Å². The molecule has 0 fully saturated rings. The zero-order valence-corrected chi connectivity index (χ0v) is 9.47. The van der Waals surface area contributed by atoms with Crippen LogP contribution in [-0.2, 0) is 4.74 Å². The first-order valence-corrected chi connectivity index (χ1v) is 4.70. The van der Waals surface area contributed by atoms with Crippen molar-refractivity contribution in [1.82, 2.24) is 0 Å². The summed E-state index contributed by atoms with van der Waals surface area (Å²) in [7, 11) is 2.95. The van der Waals surface area contributed by atoms with Gasteiger partial charge < -0.3 is 9.47 Å². The van der Waals surface area contributed by atoms with Gasteiger partial charge in [0.05, 0.1) is 20.5 Å². The molecule has 0 bridgehead atoms. The van der Waals surface area contributed by atoms with Gasteiger partial charge in [-0.1, -0.05) is 15.9 Å². The van der Waals surface area contributed by atoms with Crippen LogP contribution in [0.4, 0.5) is 4.39 Å². The van der Waals surface area contributed by atoms with E-state index < -0.39 is 5.82 Å². The lowest BCUT2D eigenvalue weighted by molar-refractivity contribution is 0.341. The van der Waals surface area contributed by atoms with Crippen molar-refractivity contribution in [2.24, 2.45) is 0 Å². The maximum Gasteiger partial charge on any atom is 0.166 e. The van der Waals surface area contributed by atoms with Crippen LogP contribution in [0.2, 0.25) is 0 Å². The lowest BCUT2D eigenvalue weighted by Crippen LogP contribution is -1.91. The number of hydrogen-bond acceptors (Lipinski definition) is 2. The molecule has 14 heavy (non-hydrogen) atoms. The monoisotopic (exact) mass is 260 g/mol. The van der Waals surface area contributed by atoms with Crippen LogP contribution in [-0.4, -0.2) is 14.2 Å². The largest absolute Gasteiger partial charge is 0.504 e. The van der Waals surface area contributed by atoms with E-state index in [1.54, 1.807) is 12.1 Å². The average Bonchev–Trinajstić information content (AvgIpc) is 2.14. The molecule has 4 heteroatoms. The summed E-state index contributed by atoms with van der Waals surface area (Å²) in [5.74, 6) is -0.195. The van der Waals surface area contributed by atoms with E-state index in [0.29, 0.717) is 10.0 Å². The number of benzene rings is 1. The molecule has 0 unspecified atom stereocenters. The third-order valence-electron chi connectivity index (χ3n) is 1.62. The van der Waals surface area contributed by atoms with Gasteiger partial charge in [-0.2, -0.15) is 0 Å². The molecule has 0 aliphatic rings. The Morgan fingerprint density at radius 3 is 2.64 bits per heavy atom. The minimum Gasteiger partial charge on any atom is -0.504 e. The molecule has 0 saturated carbocycles. The molecule has 0 radical (unpaired) electrons. The highest BCUT2D eigenvalue weighted by Gasteiger charge is 2.08. The van der Waals surface area contributed by atoms with Crippen molar-refractivity contribution in [3.63, 3.8) is 0 Å². The summed E-state index contributed by atoms with van der Waals surface area (Å²) < 4.78 is 23.6. The van der Waals surface area contributed by atoms with E-state index in [2.05, 4.69) is 15.9 Å². The zero-order valence-electron chi connectivity index (χ0n) is 7.88. The number of rotatable bonds is 3. The molecule has 0 spiro atoms. The van der Waals surface area contributed by atoms with Crippen molar-refractivity contribution in [3.8, 4) is 5.75 Å². The number of halogens is 2. The van der Waals surface area contributed by atoms with Gasteiger partial charge in [0.25, 0.3) is 0 Å². The van der Waals surface area contributed by atoms with Crippen molar-refractivity contribution in [2.45, 2.75) is 0 Å². The van der Waals surface area contributed by atoms with E-state index in [0.717, 1.165) is 0 Å². The van der Waals surface area contributed by atoms with Crippen molar-refractivity contribution in [1.29, 1.82) is 0 Å². The normalized spacial score (nSPS) is 10.6. The van der Waals surface area contributed by atoms with Gasteiger partial charge in [-0.25, -0.2) is 4.39 Å². The van der Waals surface area contributed by atoms with E-state index in [9.17, 15) is 4.39 Å². The van der Waals surface area contributed by atoms with Gasteiger partial charge in [0, 0.05) is 10.0 Å². The number of hydrogen-bond donors (Lipinski definition) is 0. The summed E-state index contributed by atoms with van der Waals surface area (Å²) in [5, 5.41) is 0. The van der Waals surface area contributed by atoms with Crippen LogP contribution in [0.25, 0.3) is 6.08 Å². The molecule has 0 aromatic heterocycles. The highest BCUT2D eigenvalue weighted by molar-refractivity contribution is 9.10. The molecule has 2 nitrogen and oxygen atoms in total. The van der Waals surface area contributed by atoms with Gasteiger partial charge >= 0.3 is 0 Å². The first-order chi connectivity index (χ1) is 6.69. The molecular weight excluding hydrogens is 251 g/mol. The van der Waals surface area contributed by atoms with E-state index in [1.165, 1.54) is 26.5 Å². The molecule has 0 aliphatic carbocycles. The Morgan fingerprint density at radius 1 is 1.36 bits per heavy atom. The topological polar surface area (TPSA) is 18.5 Å². The lowest BCUT2D eigenvalue weighted by atomic mass is 10.2. The van der Waals surface area contributed by atoms with Crippen LogP contribution >= 0.6 is 15.9 Å². The predicted molar refractivity (Wildman–Crippen MR) is 56.7 cm³/mol. The molecule has 1 rings (SSSR count). The minimum atomic E-state index is -0.405. The van der Waals surface area contributed by atoms with Crippen molar-refractivity contribution < 1.29 is 13.9 Å². The molecule has 0 heterocycles. The van der Waals surface area contributed by atoms with Gasteiger partial charge in [-0.05, 0) is 18.2 Å². The molecule has 1 aromatic carbocycles. The first-order valence-electron chi connectivity index (χ1n) is 3.91. The minimum absolute atomic E-state index is 0.210. The Balaban J connectivity index is 3.18. The fourth-order valence-corrected chi connectivity index (χ4v) is 1.51. The van der Waals surface area contributed by atoms with Gasteiger partial charge in [0.1, 0.15) is 0 Å². The summed E-state index contributed by atoms with van der Waals surface area (Å²) in [6.07, 6.45) is 3.09. The molecule has 1 aromatic rings. The fourth-order valence-electron chi connectivity index (χ4n) is 1.06. The summed E-state index contributed by atoms with van der Waals surface area (Å²) in [5.41, 5.74) is 0.626. The molecule has 0 saturated heterocycles. The number of ether oxygens (including phenoxy) is 2. The van der Waals surface area contributed by atoms with Gasteiger partial charge in [-0.3, -0.25) is 0 Å². The average molecular weight is 261 g/mol. The molecule has 0 amide bonds. The Morgan fingerprint density at radius 2 is 2.07 bits per heavy atom. The van der Waals surface area contributed by atoms with Crippen molar-refractivity contribution in [2.75, 3.05) is 14.2 Å². The second kappa shape index (κ2) is 5.00. The first kappa shape index (κ1) is 11.0. The van der Waals surface area contributed by atoms with E-state index in [1.807, 2.05) is 0 Å². The van der Waals surface area contributed by atoms with Crippen LogP contribution in [0.3, 0.4) is 0 Å². The van der Waals surface area contributed by atoms with Crippen LogP contribution in [0, 0.1) is 5.82 Å². The quantitative estimate of drug-likeness (QED) is 0.778. The smallest absolute Gasteiger partial charge is 0.166 e. The van der Waals surface area contributed by atoms with E-state index in [-0.39, 0.29) is 5.75 Å². The predicted octanol–water partition coefficient (Wildman–Crippen LogP) is 3.21. The molecule has 0 aliphatic heterocycles. The molecule has 76 valence electrons. The molecule has 0 N–H and O–H groups in total. The maximum absolute atomic E-state index is 13.3. The van der Waals surface area contributed by atoms with Gasteiger partial charge in [-0.15, -0.1) is 0 Å². The second-order valence-electron chi connectivity index (χ2n) is 2.55. The molecular formula is C10H10BrFO2. The zero-order chi connectivity index (χ0) is 10.6. The summed E-state index contributed by atoms with van der Waals surface area (Å²) >= 11 is 3.20. The highest BCUT2D eigenvalue weighted by atomic mass is 79.9.